The third kappa shape index (κ3) is 5.24. The van der Waals surface area contributed by atoms with Crippen LogP contribution in [0, 0.1) is 0 Å². The lowest BCUT2D eigenvalue weighted by molar-refractivity contribution is -0.118. The maximum atomic E-state index is 12.1. The van der Waals surface area contributed by atoms with Gasteiger partial charge in [-0.25, -0.2) is 0 Å². The molecule has 1 N–H and O–H groups in total. The van der Waals surface area contributed by atoms with Crippen molar-refractivity contribution in [2.24, 2.45) is 0 Å². The highest BCUT2D eigenvalue weighted by molar-refractivity contribution is 7.99. The van der Waals surface area contributed by atoms with Gasteiger partial charge in [0.05, 0.1) is 19.4 Å². The molecule has 1 aromatic heterocycles. The van der Waals surface area contributed by atoms with E-state index >= 15 is 0 Å². The van der Waals surface area contributed by atoms with Crippen LogP contribution in [0.1, 0.15) is 0 Å². The average molecular weight is 384 g/mol. The molecular formula is C19H20N4O3S. The molecule has 8 heteroatoms. The topological polar surface area (TPSA) is 78.3 Å². The van der Waals surface area contributed by atoms with Crippen LogP contribution < -0.4 is 14.8 Å². The van der Waals surface area contributed by atoms with Crippen LogP contribution in [0.2, 0.25) is 0 Å². The molecule has 3 rings (SSSR count). The molecule has 7 nitrogen and oxygen atoms in total. The summed E-state index contributed by atoms with van der Waals surface area (Å²) in [5.74, 6) is 1.48. The number of rotatable bonds is 9. The minimum atomic E-state index is -0.0914. The Bertz CT molecular complexity index is 870. The molecule has 0 aliphatic heterocycles. The van der Waals surface area contributed by atoms with Gasteiger partial charge in [-0.1, -0.05) is 42.1 Å². The van der Waals surface area contributed by atoms with Gasteiger partial charge in [0.25, 0.3) is 0 Å². The number of para-hydroxylation sites is 3. The Morgan fingerprint density at radius 3 is 2.63 bits per heavy atom. The van der Waals surface area contributed by atoms with E-state index in [1.165, 1.54) is 11.8 Å². The number of nitrogens with zero attached hydrogens (tertiary/aromatic N) is 3. The molecule has 0 saturated heterocycles. The first-order valence-electron chi connectivity index (χ1n) is 8.38. The Hall–Kier alpha value is -3.00. The molecule has 0 atom stereocenters. The molecular weight excluding hydrogens is 364 g/mol. The van der Waals surface area contributed by atoms with E-state index < -0.39 is 0 Å². The third-order valence-electron chi connectivity index (χ3n) is 3.63. The van der Waals surface area contributed by atoms with Crippen molar-refractivity contribution in [3.63, 3.8) is 0 Å². The van der Waals surface area contributed by atoms with Crippen molar-refractivity contribution in [2.45, 2.75) is 5.16 Å². The number of thioether (sulfide) groups is 1. The van der Waals surface area contributed by atoms with Gasteiger partial charge in [0, 0.05) is 5.69 Å². The lowest BCUT2D eigenvalue weighted by Gasteiger charge is -2.11. The normalized spacial score (nSPS) is 10.4. The van der Waals surface area contributed by atoms with Gasteiger partial charge in [-0.05, 0) is 24.3 Å². The van der Waals surface area contributed by atoms with Crippen LogP contribution in [-0.4, -0.2) is 46.7 Å². The van der Waals surface area contributed by atoms with Crippen LogP contribution in [0.25, 0.3) is 5.69 Å². The molecule has 1 amide bonds. The first-order chi connectivity index (χ1) is 13.3. The minimum Gasteiger partial charge on any atom is -0.493 e. The van der Waals surface area contributed by atoms with Crippen LogP contribution in [0.3, 0.4) is 0 Å². The number of aromatic nitrogens is 3. The van der Waals surface area contributed by atoms with E-state index in [9.17, 15) is 4.79 Å². The fraction of sp³-hybridized carbons (Fsp3) is 0.211. The summed E-state index contributed by atoms with van der Waals surface area (Å²) in [6, 6.07) is 17.2. The average Bonchev–Trinajstić information content (AvgIpc) is 3.19. The van der Waals surface area contributed by atoms with Gasteiger partial charge < -0.3 is 14.8 Å². The first-order valence-corrected chi connectivity index (χ1v) is 9.37. The van der Waals surface area contributed by atoms with E-state index in [1.807, 2.05) is 59.2 Å². The Morgan fingerprint density at radius 2 is 1.85 bits per heavy atom. The molecule has 0 radical (unpaired) electrons. The van der Waals surface area contributed by atoms with Crippen molar-refractivity contribution in [1.29, 1.82) is 0 Å². The van der Waals surface area contributed by atoms with Gasteiger partial charge in [0.2, 0.25) is 5.91 Å². The van der Waals surface area contributed by atoms with E-state index in [0.29, 0.717) is 29.8 Å². The summed E-state index contributed by atoms with van der Waals surface area (Å²) in [6.45, 7) is 0.764. The number of carbonyl (C=O) groups excluding carboxylic acids is 1. The van der Waals surface area contributed by atoms with Gasteiger partial charge in [-0.3, -0.25) is 9.36 Å². The summed E-state index contributed by atoms with van der Waals surface area (Å²) in [5, 5.41) is 11.5. The standard InChI is InChI=1S/C19H20N4O3S/c1-25-16-9-5-6-10-17(16)26-12-11-20-18(24)13-27-19-22-21-14-23(19)15-7-3-2-4-8-15/h2-10,14H,11-13H2,1H3,(H,20,24). The smallest absolute Gasteiger partial charge is 0.230 e. The van der Waals surface area contributed by atoms with E-state index in [0.717, 1.165) is 5.69 Å². The van der Waals surface area contributed by atoms with E-state index in [-0.39, 0.29) is 11.7 Å². The highest BCUT2D eigenvalue weighted by atomic mass is 32.2. The molecule has 0 bridgehead atoms. The van der Waals surface area contributed by atoms with Crippen LogP contribution in [0.15, 0.2) is 66.1 Å². The lowest BCUT2D eigenvalue weighted by Crippen LogP contribution is -2.29. The Labute approximate surface area is 161 Å². The summed E-state index contributed by atoms with van der Waals surface area (Å²) >= 11 is 1.33. The largest absolute Gasteiger partial charge is 0.493 e. The molecule has 3 aromatic rings. The highest BCUT2D eigenvalue weighted by Gasteiger charge is 2.10. The van der Waals surface area contributed by atoms with Gasteiger partial charge in [-0.2, -0.15) is 0 Å². The van der Waals surface area contributed by atoms with Crippen LogP contribution in [-0.2, 0) is 4.79 Å². The third-order valence-corrected chi connectivity index (χ3v) is 4.58. The van der Waals surface area contributed by atoms with Gasteiger partial charge in [0.1, 0.15) is 12.9 Å². The first kappa shape index (κ1) is 18.8. The van der Waals surface area contributed by atoms with Crippen molar-refractivity contribution in [2.75, 3.05) is 26.0 Å². The second-order valence-electron chi connectivity index (χ2n) is 5.46. The zero-order valence-corrected chi connectivity index (χ0v) is 15.7. The number of benzene rings is 2. The monoisotopic (exact) mass is 384 g/mol. The lowest BCUT2D eigenvalue weighted by atomic mass is 10.3. The minimum absolute atomic E-state index is 0.0914. The number of amides is 1. The molecule has 27 heavy (non-hydrogen) atoms. The molecule has 0 aliphatic rings. The summed E-state index contributed by atoms with van der Waals surface area (Å²) < 4.78 is 12.7. The molecule has 2 aromatic carbocycles. The molecule has 0 saturated carbocycles. The SMILES string of the molecule is COc1ccccc1OCCNC(=O)CSc1nncn1-c1ccccc1. The Morgan fingerprint density at radius 1 is 1.11 bits per heavy atom. The van der Waals surface area contributed by atoms with Gasteiger partial charge >= 0.3 is 0 Å². The zero-order valence-electron chi connectivity index (χ0n) is 14.9. The van der Waals surface area contributed by atoms with Crippen molar-refractivity contribution >= 4 is 17.7 Å². The second kappa shape index (κ2) is 9.63. The number of nitrogens with one attached hydrogen (secondary N) is 1. The van der Waals surface area contributed by atoms with Crippen LogP contribution >= 0.6 is 11.8 Å². The fourth-order valence-electron chi connectivity index (χ4n) is 2.36. The number of hydrogen-bond acceptors (Lipinski definition) is 6. The Kier molecular flexibility index (Phi) is 6.70. The summed E-state index contributed by atoms with van der Waals surface area (Å²) in [6.07, 6.45) is 1.64. The van der Waals surface area contributed by atoms with Crippen molar-refractivity contribution in [3.8, 4) is 17.2 Å². The van der Waals surface area contributed by atoms with Gasteiger partial charge in [0.15, 0.2) is 16.7 Å². The van der Waals surface area contributed by atoms with Crippen molar-refractivity contribution in [1.82, 2.24) is 20.1 Å². The molecule has 140 valence electrons. The fourth-order valence-corrected chi connectivity index (χ4v) is 3.12. The maximum Gasteiger partial charge on any atom is 0.230 e. The predicted octanol–water partition coefficient (Wildman–Crippen LogP) is 2.56. The second-order valence-corrected chi connectivity index (χ2v) is 6.40. The molecule has 0 fully saturated rings. The van der Waals surface area contributed by atoms with Crippen LogP contribution in [0.4, 0.5) is 0 Å². The zero-order chi connectivity index (χ0) is 18.9. The number of carbonyl (C=O) groups is 1. The molecule has 1 heterocycles. The number of ether oxygens (including phenoxy) is 2. The van der Waals surface area contributed by atoms with Crippen molar-refractivity contribution in [3.05, 3.63) is 60.9 Å². The van der Waals surface area contributed by atoms with E-state index in [4.69, 9.17) is 9.47 Å². The number of hydrogen-bond donors (Lipinski definition) is 1. The maximum absolute atomic E-state index is 12.1. The predicted molar refractivity (Wildman–Crippen MR) is 104 cm³/mol. The Balaban J connectivity index is 1.43. The van der Waals surface area contributed by atoms with Crippen molar-refractivity contribution < 1.29 is 14.3 Å². The number of methoxy groups -OCH3 is 1. The van der Waals surface area contributed by atoms with E-state index in [1.54, 1.807) is 13.4 Å². The molecule has 0 unspecified atom stereocenters. The quantitative estimate of drug-likeness (QED) is 0.451. The summed E-state index contributed by atoms with van der Waals surface area (Å²) in [7, 11) is 1.59. The summed E-state index contributed by atoms with van der Waals surface area (Å²) in [5.41, 5.74) is 0.954. The summed E-state index contributed by atoms with van der Waals surface area (Å²) in [4.78, 5) is 12.1. The highest BCUT2D eigenvalue weighted by Crippen LogP contribution is 2.25. The van der Waals surface area contributed by atoms with E-state index in [2.05, 4.69) is 15.5 Å². The molecule has 0 spiro atoms. The van der Waals surface area contributed by atoms with Gasteiger partial charge in [-0.15, -0.1) is 10.2 Å². The van der Waals surface area contributed by atoms with Crippen LogP contribution in [0.5, 0.6) is 11.5 Å². The molecule has 0 aliphatic carbocycles.